The van der Waals surface area contributed by atoms with Gasteiger partial charge in [-0.05, 0) is 38.6 Å². The Labute approximate surface area is 104 Å². The molecule has 2 rings (SSSR count). The maximum absolute atomic E-state index is 10.5. The summed E-state index contributed by atoms with van der Waals surface area (Å²) in [4.78, 5) is 15.7. The van der Waals surface area contributed by atoms with Crippen molar-refractivity contribution in [1.82, 2.24) is 9.80 Å². The Morgan fingerprint density at radius 1 is 1.06 bits per heavy atom. The molecule has 1 saturated heterocycles. The molecule has 0 aromatic carbocycles. The minimum absolute atomic E-state index is 0.104. The van der Waals surface area contributed by atoms with Gasteiger partial charge in [0.25, 0.3) is 0 Å². The van der Waals surface area contributed by atoms with Crippen LogP contribution in [0.2, 0.25) is 0 Å². The van der Waals surface area contributed by atoms with Crippen molar-refractivity contribution in [1.29, 1.82) is 0 Å². The Balaban J connectivity index is 1.72. The minimum Gasteiger partial charge on any atom is -0.301 e. The molecule has 0 aromatic heterocycles. The van der Waals surface area contributed by atoms with E-state index in [0.717, 1.165) is 18.9 Å². The van der Waals surface area contributed by atoms with Crippen molar-refractivity contribution in [2.75, 3.05) is 32.7 Å². The summed E-state index contributed by atoms with van der Waals surface area (Å²) in [6.07, 6.45) is 5.61. The van der Waals surface area contributed by atoms with Gasteiger partial charge in [0.1, 0.15) is 0 Å². The number of rotatable bonds is 4. The number of hydrogen-bond acceptors (Lipinski definition) is 4. The zero-order chi connectivity index (χ0) is 12.1. The van der Waals surface area contributed by atoms with Crippen LogP contribution in [-0.4, -0.2) is 54.6 Å². The highest BCUT2D eigenvalue weighted by Crippen LogP contribution is 2.25. The largest absolute Gasteiger partial charge is 0.301 e. The SMILES string of the molecule is CCCN1CCN(C2CCC(N=O)CC2)CC1. The molecule has 1 heterocycles. The second-order valence-electron chi connectivity index (χ2n) is 5.45. The molecule has 2 aliphatic rings. The number of nitrogens with zero attached hydrogens (tertiary/aromatic N) is 3. The molecule has 98 valence electrons. The molecule has 1 aliphatic heterocycles. The van der Waals surface area contributed by atoms with Crippen molar-refractivity contribution in [2.45, 2.75) is 51.1 Å². The highest BCUT2D eigenvalue weighted by molar-refractivity contribution is 4.85. The van der Waals surface area contributed by atoms with Crippen molar-refractivity contribution in [3.05, 3.63) is 4.91 Å². The summed E-state index contributed by atoms with van der Waals surface area (Å²) >= 11 is 0. The summed E-state index contributed by atoms with van der Waals surface area (Å²) in [5.41, 5.74) is 0. The van der Waals surface area contributed by atoms with Gasteiger partial charge in [0.15, 0.2) is 0 Å². The van der Waals surface area contributed by atoms with Gasteiger partial charge in [-0.2, -0.15) is 4.91 Å². The monoisotopic (exact) mass is 239 g/mol. The maximum atomic E-state index is 10.5. The third-order valence-corrected chi connectivity index (χ3v) is 4.28. The van der Waals surface area contributed by atoms with Crippen molar-refractivity contribution in [3.63, 3.8) is 0 Å². The third-order valence-electron chi connectivity index (χ3n) is 4.28. The second kappa shape index (κ2) is 6.45. The molecule has 2 fully saturated rings. The first kappa shape index (κ1) is 13.0. The van der Waals surface area contributed by atoms with E-state index in [9.17, 15) is 4.91 Å². The molecular formula is C13H25N3O. The smallest absolute Gasteiger partial charge is 0.0921 e. The molecule has 0 amide bonds. The summed E-state index contributed by atoms with van der Waals surface area (Å²) in [6.45, 7) is 8.36. The molecule has 0 aromatic rings. The van der Waals surface area contributed by atoms with Gasteiger partial charge in [-0.1, -0.05) is 12.1 Å². The molecule has 0 N–H and O–H groups in total. The van der Waals surface area contributed by atoms with E-state index in [1.54, 1.807) is 0 Å². The van der Waals surface area contributed by atoms with E-state index in [2.05, 4.69) is 21.9 Å². The first-order valence-corrected chi connectivity index (χ1v) is 7.12. The first-order chi connectivity index (χ1) is 8.33. The summed E-state index contributed by atoms with van der Waals surface area (Å²) in [5.74, 6) is 0. The lowest BCUT2D eigenvalue weighted by Crippen LogP contribution is -2.51. The number of nitroso groups, excluding NO2 is 1. The van der Waals surface area contributed by atoms with Gasteiger partial charge < -0.3 is 4.90 Å². The molecule has 0 bridgehead atoms. The lowest BCUT2D eigenvalue weighted by molar-refractivity contribution is 0.0765. The average Bonchev–Trinajstić information content (AvgIpc) is 2.40. The highest BCUT2D eigenvalue weighted by atomic mass is 16.3. The van der Waals surface area contributed by atoms with Crippen LogP contribution in [0.15, 0.2) is 5.18 Å². The van der Waals surface area contributed by atoms with Crippen molar-refractivity contribution in [3.8, 4) is 0 Å². The van der Waals surface area contributed by atoms with E-state index in [0.29, 0.717) is 0 Å². The molecule has 4 nitrogen and oxygen atoms in total. The predicted octanol–water partition coefficient (Wildman–Crippen LogP) is 2.09. The fourth-order valence-corrected chi connectivity index (χ4v) is 3.20. The summed E-state index contributed by atoms with van der Waals surface area (Å²) < 4.78 is 0. The normalized spacial score (nSPS) is 32.5. The quantitative estimate of drug-likeness (QED) is 0.705. The Morgan fingerprint density at radius 2 is 1.71 bits per heavy atom. The van der Waals surface area contributed by atoms with Crippen molar-refractivity contribution in [2.24, 2.45) is 5.18 Å². The Hall–Kier alpha value is -0.480. The van der Waals surface area contributed by atoms with E-state index in [1.165, 1.54) is 52.0 Å². The lowest BCUT2D eigenvalue weighted by Gasteiger charge is -2.41. The van der Waals surface area contributed by atoms with Crippen molar-refractivity contribution >= 4 is 0 Å². The van der Waals surface area contributed by atoms with Crippen LogP contribution in [-0.2, 0) is 0 Å². The van der Waals surface area contributed by atoms with Gasteiger partial charge in [0, 0.05) is 32.2 Å². The van der Waals surface area contributed by atoms with Gasteiger partial charge in [0.05, 0.1) is 6.04 Å². The number of hydrogen-bond donors (Lipinski definition) is 0. The molecule has 4 heteroatoms. The van der Waals surface area contributed by atoms with Gasteiger partial charge in [-0.15, -0.1) is 0 Å². The lowest BCUT2D eigenvalue weighted by atomic mass is 9.90. The average molecular weight is 239 g/mol. The molecule has 1 saturated carbocycles. The summed E-state index contributed by atoms with van der Waals surface area (Å²) in [5, 5.41) is 3.19. The van der Waals surface area contributed by atoms with Crippen LogP contribution in [0.1, 0.15) is 39.0 Å². The van der Waals surface area contributed by atoms with Crippen LogP contribution in [0.4, 0.5) is 0 Å². The second-order valence-corrected chi connectivity index (χ2v) is 5.45. The fraction of sp³-hybridized carbons (Fsp3) is 1.00. The van der Waals surface area contributed by atoms with Crippen LogP contribution < -0.4 is 0 Å². The molecular weight excluding hydrogens is 214 g/mol. The molecule has 0 unspecified atom stereocenters. The van der Waals surface area contributed by atoms with Gasteiger partial charge >= 0.3 is 0 Å². The van der Waals surface area contributed by atoms with Gasteiger partial charge in [-0.25, -0.2) is 0 Å². The first-order valence-electron chi connectivity index (χ1n) is 7.12. The molecule has 0 atom stereocenters. The zero-order valence-corrected chi connectivity index (χ0v) is 11.0. The summed E-state index contributed by atoms with van der Waals surface area (Å²) in [7, 11) is 0. The van der Waals surface area contributed by atoms with E-state index in [4.69, 9.17) is 0 Å². The summed E-state index contributed by atoms with van der Waals surface area (Å²) in [6, 6.07) is 0.824. The zero-order valence-electron chi connectivity index (χ0n) is 11.0. The van der Waals surface area contributed by atoms with E-state index < -0.39 is 0 Å². The Morgan fingerprint density at radius 3 is 2.24 bits per heavy atom. The van der Waals surface area contributed by atoms with E-state index >= 15 is 0 Å². The van der Waals surface area contributed by atoms with Gasteiger partial charge in [-0.3, -0.25) is 4.90 Å². The highest BCUT2D eigenvalue weighted by Gasteiger charge is 2.28. The fourth-order valence-electron chi connectivity index (χ4n) is 3.20. The molecule has 0 spiro atoms. The number of piperazine rings is 1. The molecule has 1 aliphatic carbocycles. The van der Waals surface area contributed by atoms with Crippen LogP contribution in [0.3, 0.4) is 0 Å². The predicted molar refractivity (Wildman–Crippen MR) is 70.1 cm³/mol. The van der Waals surface area contributed by atoms with Crippen LogP contribution in [0, 0.1) is 4.91 Å². The van der Waals surface area contributed by atoms with Gasteiger partial charge in [0.2, 0.25) is 0 Å². The van der Waals surface area contributed by atoms with E-state index in [1.807, 2.05) is 0 Å². The molecule has 17 heavy (non-hydrogen) atoms. The molecule has 0 radical (unpaired) electrons. The topological polar surface area (TPSA) is 35.9 Å². The van der Waals surface area contributed by atoms with Crippen LogP contribution in [0.25, 0.3) is 0 Å². The standard InChI is InChI=1S/C13H25N3O/c1-2-7-15-8-10-16(11-9-15)13-5-3-12(14-17)4-6-13/h12-13H,2-11H2,1H3. The van der Waals surface area contributed by atoms with E-state index in [-0.39, 0.29) is 6.04 Å². The Bertz CT molecular complexity index is 231. The maximum Gasteiger partial charge on any atom is 0.0921 e. The van der Waals surface area contributed by atoms with Crippen molar-refractivity contribution < 1.29 is 0 Å². The third kappa shape index (κ3) is 3.49. The minimum atomic E-state index is 0.104. The Kier molecular flexibility index (Phi) is 4.92. The van der Waals surface area contributed by atoms with Crippen LogP contribution >= 0.6 is 0 Å². The van der Waals surface area contributed by atoms with Crippen LogP contribution in [0.5, 0.6) is 0 Å².